The van der Waals surface area contributed by atoms with E-state index in [9.17, 15) is 4.79 Å². The third-order valence-electron chi connectivity index (χ3n) is 2.98. The summed E-state index contributed by atoms with van der Waals surface area (Å²) in [5.74, 6) is -0.545. The minimum Gasteiger partial charge on any atom is -0.408 e. The van der Waals surface area contributed by atoms with Crippen molar-refractivity contribution < 1.29 is 19.1 Å². The van der Waals surface area contributed by atoms with Crippen LogP contribution >= 0.6 is 11.6 Å². The van der Waals surface area contributed by atoms with E-state index in [-0.39, 0.29) is 23.8 Å². The molecule has 2 aromatic heterocycles. The van der Waals surface area contributed by atoms with Crippen LogP contribution in [0.3, 0.4) is 0 Å². The van der Waals surface area contributed by atoms with Gasteiger partial charge in [0.05, 0.1) is 6.61 Å². The first kappa shape index (κ1) is 14.9. The highest BCUT2D eigenvalue weighted by molar-refractivity contribution is 6.33. The van der Waals surface area contributed by atoms with E-state index >= 15 is 0 Å². The second kappa shape index (κ2) is 5.67. The molecule has 118 valence electrons. The van der Waals surface area contributed by atoms with Gasteiger partial charge in [0, 0.05) is 0 Å². The van der Waals surface area contributed by atoms with Gasteiger partial charge in [-0.15, -0.1) is 0 Å². The lowest BCUT2D eigenvalue weighted by Gasteiger charge is -2.17. The molecule has 1 aliphatic heterocycles. The summed E-state index contributed by atoms with van der Waals surface area (Å²) in [6, 6.07) is 0. The number of nitrogens with zero attached hydrogens (tertiary/aromatic N) is 4. The molecule has 2 aromatic rings. The van der Waals surface area contributed by atoms with Crippen LogP contribution in [0.4, 0.5) is 5.95 Å². The fourth-order valence-electron chi connectivity index (χ4n) is 2.07. The average Bonchev–Trinajstić information content (AvgIpc) is 3.00. The highest BCUT2D eigenvalue weighted by atomic mass is 35.5. The summed E-state index contributed by atoms with van der Waals surface area (Å²) in [4.78, 5) is 28.2. The zero-order valence-corrected chi connectivity index (χ0v) is 12.7. The Morgan fingerprint density at radius 3 is 3.09 bits per heavy atom. The van der Waals surface area contributed by atoms with E-state index in [0.29, 0.717) is 24.2 Å². The largest absolute Gasteiger partial charge is 0.408 e. The molecule has 1 N–H and O–H groups in total. The standard InChI is InChI=1S/C12H14ClN5O4/c1-12(2)20-3-7(22-12)4-21-18-5-14-8-9(13)16-11(15-6-19)17-10(8)18/h5-7H,3-4H2,1-2H3,(H,15,16,17,19)/t7-/m1/s1. The highest BCUT2D eigenvalue weighted by Crippen LogP contribution is 2.23. The summed E-state index contributed by atoms with van der Waals surface area (Å²) < 4.78 is 12.5. The van der Waals surface area contributed by atoms with Gasteiger partial charge < -0.3 is 14.3 Å². The summed E-state index contributed by atoms with van der Waals surface area (Å²) in [7, 11) is 0. The second-order valence-corrected chi connectivity index (χ2v) is 5.45. The number of amides is 1. The molecule has 0 saturated carbocycles. The SMILES string of the molecule is CC1(C)OC[C@H](COn2cnc3c(Cl)nc(NC=O)nc32)O1. The Morgan fingerprint density at radius 1 is 1.59 bits per heavy atom. The third kappa shape index (κ3) is 2.96. The monoisotopic (exact) mass is 327 g/mol. The summed E-state index contributed by atoms with van der Waals surface area (Å²) >= 11 is 5.99. The Balaban J connectivity index is 1.78. The van der Waals surface area contributed by atoms with E-state index in [4.69, 9.17) is 25.9 Å². The summed E-state index contributed by atoms with van der Waals surface area (Å²) in [5, 5.41) is 2.46. The Morgan fingerprint density at radius 2 is 2.41 bits per heavy atom. The lowest BCUT2D eigenvalue weighted by Crippen LogP contribution is -2.28. The minimum absolute atomic E-state index is 0.0689. The predicted octanol–water partition coefficient (Wildman–Crippen LogP) is 0.628. The number of hydrogen-bond acceptors (Lipinski definition) is 7. The van der Waals surface area contributed by atoms with E-state index in [1.165, 1.54) is 11.1 Å². The van der Waals surface area contributed by atoms with Crippen LogP contribution in [0.2, 0.25) is 5.15 Å². The van der Waals surface area contributed by atoms with Crippen LogP contribution in [-0.4, -0.2) is 51.2 Å². The third-order valence-corrected chi connectivity index (χ3v) is 3.24. The molecule has 0 aliphatic carbocycles. The maximum Gasteiger partial charge on any atom is 0.232 e. The smallest absolute Gasteiger partial charge is 0.232 e. The minimum atomic E-state index is -0.614. The molecule has 0 radical (unpaired) electrons. The van der Waals surface area contributed by atoms with Crippen molar-refractivity contribution >= 4 is 35.1 Å². The van der Waals surface area contributed by atoms with Gasteiger partial charge in [-0.1, -0.05) is 11.6 Å². The van der Waals surface area contributed by atoms with Gasteiger partial charge in [-0.3, -0.25) is 10.1 Å². The Bertz CT molecular complexity index is 704. The fraction of sp³-hybridized carbons (Fsp3) is 0.500. The van der Waals surface area contributed by atoms with Crippen LogP contribution in [0.25, 0.3) is 11.2 Å². The number of halogens is 1. The number of aromatic nitrogens is 4. The van der Waals surface area contributed by atoms with Crippen LogP contribution in [0.15, 0.2) is 6.33 Å². The summed E-state index contributed by atoms with van der Waals surface area (Å²) in [6.07, 6.45) is 1.69. The Kier molecular flexibility index (Phi) is 3.85. The molecule has 1 fully saturated rings. The van der Waals surface area contributed by atoms with Crippen molar-refractivity contribution in [1.82, 2.24) is 19.7 Å². The zero-order valence-electron chi connectivity index (χ0n) is 11.9. The van der Waals surface area contributed by atoms with E-state index < -0.39 is 5.79 Å². The Hall–Kier alpha value is -1.97. The number of imidazole rings is 1. The van der Waals surface area contributed by atoms with Gasteiger partial charge in [0.1, 0.15) is 24.6 Å². The summed E-state index contributed by atoms with van der Waals surface area (Å²) in [6.45, 7) is 4.37. The van der Waals surface area contributed by atoms with Crippen molar-refractivity contribution in [2.45, 2.75) is 25.7 Å². The predicted molar refractivity (Wildman–Crippen MR) is 76.4 cm³/mol. The molecule has 1 amide bonds. The lowest BCUT2D eigenvalue weighted by atomic mass is 10.4. The van der Waals surface area contributed by atoms with Crippen molar-refractivity contribution in [3.8, 4) is 0 Å². The van der Waals surface area contributed by atoms with Gasteiger partial charge in [-0.2, -0.15) is 14.7 Å². The number of fused-ring (bicyclic) bond motifs is 1. The summed E-state index contributed by atoms with van der Waals surface area (Å²) in [5.41, 5.74) is 0.726. The lowest BCUT2D eigenvalue weighted by molar-refractivity contribution is -0.145. The fourth-order valence-corrected chi connectivity index (χ4v) is 2.28. The molecule has 1 saturated heterocycles. The second-order valence-electron chi connectivity index (χ2n) is 5.09. The zero-order chi connectivity index (χ0) is 15.7. The average molecular weight is 328 g/mol. The molecule has 3 rings (SSSR count). The number of ether oxygens (including phenoxy) is 2. The molecule has 1 aliphatic rings. The molecule has 0 bridgehead atoms. The number of anilines is 1. The quantitative estimate of drug-likeness (QED) is 0.635. The maximum atomic E-state index is 10.5. The van der Waals surface area contributed by atoms with Crippen molar-refractivity contribution in [3.05, 3.63) is 11.5 Å². The van der Waals surface area contributed by atoms with E-state index in [1.54, 1.807) is 0 Å². The molecule has 9 nitrogen and oxygen atoms in total. The molecule has 0 spiro atoms. The molecule has 3 heterocycles. The highest BCUT2D eigenvalue weighted by Gasteiger charge is 2.33. The van der Waals surface area contributed by atoms with Gasteiger partial charge >= 0.3 is 0 Å². The van der Waals surface area contributed by atoms with Crippen molar-refractivity contribution in [1.29, 1.82) is 0 Å². The van der Waals surface area contributed by atoms with Gasteiger partial charge in [0.25, 0.3) is 0 Å². The topological polar surface area (TPSA) is 100 Å². The molecule has 22 heavy (non-hydrogen) atoms. The van der Waals surface area contributed by atoms with Crippen LogP contribution in [0.5, 0.6) is 0 Å². The first-order valence-electron chi connectivity index (χ1n) is 6.54. The van der Waals surface area contributed by atoms with E-state index in [0.717, 1.165) is 0 Å². The van der Waals surface area contributed by atoms with Crippen LogP contribution in [0.1, 0.15) is 13.8 Å². The van der Waals surface area contributed by atoms with Crippen LogP contribution in [0, 0.1) is 0 Å². The molecule has 0 unspecified atom stereocenters. The molecular formula is C12H14ClN5O4. The molecule has 1 atom stereocenters. The molecule has 0 aromatic carbocycles. The van der Waals surface area contributed by atoms with E-state index in [2.05, 4.69) is 20.3 Å². The molecule has 10 heteroatoms. The van der Waals surface area contributed by atoms with Crippen molar-refractivity contribution in [3.63, 3.8) is 0 Å². The van der Waals surface area contributed by atoms with Gasteiger partial charge in [-0.25, -0.2) is 4.98 Å². The number of carbonyl (C=O) groups excluding carboxylic acids is 1. The Labute approximate surface area is 130 Å². The number of carbonyl (C=O) groups is 1. The normalized spacial score (nSPS) is 20.2. The number of rotatable bonds is 5. The molecular weight excluding hydrogens is 314 g/mol. The van der Waals surface area contributed by atoms with Crippen molar-refractivity contribution in [2.24, 2.45) is 0 Å². The first-order chi connectivity index (χ1) is 10.5. The number of nitrogens with one attached hydrogen (secondary N) is 1. The van der Waals surface area contributed by atoms with Crippen molar-refractivity contribution in [2.75, 3.05) is 18.5 Å². The van der Waals surface area contributed by atoms with Gasteiger partial charge in [0.2, 0.25) is 18.0 Å². The van der Waals surface area contributed by atoms with Gasteiger partial charge in [0.15, 0.2) is 10.9 Å². The van der Waals surface area contributed by atoms with Crippen LogP contribution < -0.4 is 10.2 Å². The van der Waals surface area contributed by atoms with E-state index in [1.807, 2.05) is 13.8 Å². The van der Waals surface area contributed by atoms with Crippen LogP contribution in [-0.2, 0) is 14.3 Å². The maximum absolute atomic E-state index is 10.5. The first-order valence-corrected chi connectivity index (χ1v) is 6.92. The number of hydrogen-bond donors (Lipinski definition) is 1. The van der Waals surface area contributed by atoms with Gasteiger partial charge in [-0.05, 0) is 13.8 Å².